The molecule has 0 aliphatic heterocycles. The predicted molar refractivity (Wildman–Crippen MR) is 64.9 cm³/mol. The summed E-state index contributed by atoms with van der Waals surface area (Å²) < 4.78 is 10.2. The number of hydrogen-bond donors (Lipinski definition) is 2. The molecule has 5 heteroatoms. The lowest BCUT2D eigenvalue weighted by Crippen LogP contribution is -2.40. The summed E-state index contributed by atoms with van der Waals surface area (Å²) in [6.45, 7) is 3.16. The van der Waals surface area contributed by atoms with Crippen molar-refractivity contribution in [1.29, 1.82) is 0 Å². The molecule has 0 spiro atoms. The standard InChI is InChI=1S/C12H17NO4/c1-12(2,11(14)15)13-9-6-5-8(16-3)7-10(9)17-4/h5-7,13H,1-4H3,(H,14,15). The van der Waals surface area contributed by atoms with E-state index < -0.39 is 11.5 Å². The van der Waals surface area contributed by atoms with Gasteiger partial charge >= 0.3 is 5.97 Å². The molecular weight excluding hydrogens is 222 g/mol. The number of nitrogens with one attached hydrogen (secondary N) is 1. The molecule has 0 fully saturated rings. The van der Waals surface area contributed by atoms with Gasteiger partial charge < -0.3 is 19.9 Å². The molecule has 2 N–H and O–H groups in total. The first-order chi connectivity index (χ1) is 7.90. The maximum Gasteiger partial charge on any atom is 0.328 e. The van der Waals surface area contributed by atoms with Crippen LogP contribution in [0.4, 0.5) is 5.69 Å². The van der Waals surface area contributed by atoms with Gasteiger partial charge in [-0.3, -0.25) is 0 Å². The number of carboxylic acid groups (broad SMARTS) is 1. The third-order valence-corrected chi connectivity index (χ3v) is 2.39. The van der Waals surface area contributed by atoms with Crippen LogP contribution in [0.15, 0.2) is 18.2 Å². The first kappa shape index (κ1) is 13.2. The van der Waals surface area contributed by atoms with E-state index in [2.05, 4.69) is 5.32 Å². The molecular formula is C12H17NO4. The minimum Gasteiger partial charge on any atom is -0.497 e. The van der Waals surface area contributed by atoms with Crippen LogP contribution >= 0.6 is 0 Å². The molecule has 0 radical (unpaired) electrons. The second kappa shape index (κ2) is 4.95. The Labute approximate surface area is 100 Å². The first-order valence-corrected chi connectivity index (χ1v) is 5.14. The van der Waals surface area contributed by atoms with Crippen molar-refractivity contribution >= 4 is 11.7 Å². The second-order valence-electron chi connectivity index (χ2n) is 4.12. The third kappa shape index (κ3) is 3.03. The Balaban J connectivity index is 3.02. The van der Waals surface area contributed by atoms with Gasteiger partial charge in [0.15, 0.2) is 0 Å². The molecule has 0 saturated heterocycles. The van der Waals surface area contributed by atoms with E-state index in [1.807, 2.05) is 0 Å². The number of carbonyl (C=O) groups is 1. The van der Waals surface area contributed by atoms with Crippen LogP contribution in [0.5, 0.6) is 11.5 Å². The molecule has 0 aliphatic rings. The summed E-state index contributed by atoms with van der Waals surface area (Å²) in [4.78, 5) is 11.0. The van der Waals surface area contributed by atoms with E-state index in [0.29, 0.717) is 17.2 Å². The highest BCUT2D eigenvalue weighted by molar-refractivity contribution is 5.82. The second-order valence-corrected chi connectivity index (χ2v) is 4.12. The molecule has 1 rings (SSSR count). The van der Waals surface area contributed by atoms with E-state index in [9.17, 15) is 4.79 Å². The molecule has 17 heavy (non-hydrogen) atoms. The fourth-order valence-corrected chi connectivity index (χ4v) is 1.29. The number of hydrogen-bond acceptors (Lipinski definition) is 4. The Bertz CT molecular complexity index is 415. The first-order valence-electron chi connectivity index (χ1n) is 5.14. The van der Waals surface area contributed by atoms with Crippen LogP contribution in [0.2, 0.25) is 0 Å². The van der Waals surface area contributed by atoms with E-state index in [4.69, 9.17) is 14.6 Å². The van der Waals surface area contributed by atoms with E-state index in [0.717, 1.165) is 0 Å². The Kier molecular flexibility index (Phi) is 3.83. The van der Waals surface area contributed by atoms with Crippen LogP contribution in [0.1, 0.15) is 13.8 Å². The highest BCUT2D eigenvalue weighted by Gasteiger charge is 2.27. The van der Waals surface area contributed by atoms with Crippen molar-refractivity contribution in [3.05, 3.63) is 18.2 Å². The molecule has 0 unspecified atom stereocenters. The number of ether oxygens (including phenoxy) is 2. The van der Waals surface area contributed by atoms with E-state index in [-0.39, 0.29) is 0 Å². The topological polar surface area (TPSA) is 67.8 Å². The molecule has 0 heterocycles. The largest absolute Gasteiger partial charge is 0.497 e. The summed E-state index contributed by atoms with van der Waals surface area (Å²) in [5.41, 5.74) is -0.456. The summed E-state index contributed by atoms with van der Waals surface area (Å²) >= 11 is 0. The van der Waals surface area contributed by atoms with Gasteiger partial charge in [0.25, 0.3) is 0 Å². The van der Waals surface area contributed by atoms with Crippen molar-refractivity contribution < 1.29 is 19.4 Å². The van der Waals surface area contributed by atoms with Gasteiger partial charge in [-0.1, -0.05) is 0 Å². The quantitative estimate of drug-likeness (QED) is 0.822. The molecule has 94 valence electrons. The zero-order chi connectivity index (χ0) is 13.1. The SMILES string of the molecule is COc1ccc(NC(C)(C)C(=O)O)c(OC)c1. The summed E-state index contributed by atoms with van der Waals surface area (Å²) in [7, 11) is 3.08. The molecule has 0 aromatic heterocycles. The van der Waals surface area contributed by atoms with Crippen LogP contribution < -0.4 is 14.8 Å². The summed E-state index contributed by atoms with van der Waals surface area (Å²) in [6, 6.07) is 5.16. The van der Waals surface area contributed by atoms with Crippen molar-refractivity contribution in [2.45, 2.75) is 19.4 Å². The highest BCUT2D eigenvalue weighted by atomic mass is 16.5. The molecule has 5 nitrogen and oxygen atoms in total. The molecule has 0 atom stereocenters. The molecule has 1 aromatic rings. The predicted octanol–water partition coefficient (Wildman–Crippen LogP) is 1.98. The minimum atomic E-state index is -1.07. The Morgan fingerprint density at radius 2 is 1.94 bits per heavy atom. The lowest BCUT2D eigenvalue weighted by atomic mass is 10.1. The van der Waals surface area contributed by atoms with Crippen LogP contribution in [0.3, 0.4) is 0 Å². The average molecular weight is 239 g/mol. The summed E-state index contributed by atoms with van der Waals surface area (Å²) in [5.74, 6) is 0.259. The van der Waals surface area contributed by atoms with Gasteiger partial charge in [0.05, 0.1) is 19.9 Å². The van der Waals surface area contributed by atoms with E-state index in [1.165, 1.54) is 7.11 Å². The van der Waals surface area contributed by atoms with Gasteiger partial charge in [0.1, 0.15) is 17.0 Å². The number of benzene rings is 1. The molecule has 0 aliphatic carbocycles. The zero-order valence-electron chi connectivity index (χ0n) is 10.4. The zero-order valence-corrected chi connectivity index (χ0v) is 10.4. The molecule has 0 saturated carbocycles. The maximum absolute atomic E-state index is 11.0. The van der Waals surface area contributed by atoms with Crippen LogP contribution in [0.25, 0.3) is 0 Å². The Morgan fingerprint density at radius 3 is 2.41 bits per heavy atom. The van der Waals surface area contributed by atoms with Crippen LogP contribution in [-0.2, 0) is 4.79 Å². The molecule has 0 bridgehead atoms. The molecule has 1 aromatic carbocycles. The van der Waals surface area contributed by atoms with Crippen molar-refractivity contribution in [3.63, 3.8) is 0 Å². The normalized spacial score (nSPS) is 10.8. The lowest BCUT2D eigenvalue weighted by molar-refractivity contribution is -0.141. The van der Waals surface area contributed by atoms with Gasteiger partial charge in [-0.2, -0.15) is 0 Å². The van der Waals surface area contributed by atoms with Crippen LogP contribution in [0, 0.1) is 0 Å². The maximum atomic E-state index is 11.0. The van der Waals surface area contributed by atoms with Gasteiger partial charge in [-0.15, -0.1) is 0 Å². The van der Waals surface area contributed by atoms with Crippen molar-refractivity contribution in [1.82, 2.24) is 0 Å². The Hall–Kier alpha value is -1.91. The van der Waals surface area contributed by atoms with E-state index in [1.54, 1.807) is 39.2 Å². The smallest absolute Gasteiger partial charge is 0.328 e. The number of methoxy groups -OCH3 is 2. The van der Waals surface area contributed by atoms with Crippen molar-refractivity contribution in [2.24, 2.45) is 0 Å². The van der Waals surface area contributed by atoms with E-state index >= 15 is 0 Å². The van der Waals surface area contributed by atoms with Crippen molar-refractivity contribution in [2.75, 3.05) is 19.5 Å². The number of anilines is 1. The summed E-state index contributed by atoms with van der Waals surface area (Å²) in [5, 5.41) is 11.9. The van der Waals surface area contributed by atoms with Gasteiger partial charge in [-0.25, -0.2) is 4.79 Å². The Morgan fingerprint density at radius 1 is 1.29 bits per heavy atom. The van der Waals surface area contributed by atoms with Gasteiger partial charge in [0.2, 0.25) is 0 Å². The van der Waals surface area contributed by atoms with Gasteiger partial charge in [-0.05, 0) is 26.0 Å². The van der Waals surface area contributed by atoms with Gasteiger partial charge in [0, 0.05) is 6.07 Å². The average Bonchev–Trinajstić information content (AvgIpc) is 2.29. The third-order valence-electron chi connectivity index (χ3n) is 2.39. The number of rotatable bonds is 5. The lowest BCUT2D eigenvalue weighted by Gasteiger charge is -2.24. The fourth-order valence-electron chi connectivity index (χ4n) is 1.29. The number of aliphatic carboxylic acids is 1. The summed E-state index contributed by atoms with van der Waals surface area (Å²) in [6.07, 6.45) is 0. The number of carboxylic acids is 1. The highest BCUT2D eigenvalue weighted by Crippen LogP contribution is 2.31. The van der Waals surface area contributed by atoms with Crippen molar-refractivity contribution in [3.8, 4) is 11.5 Å². The molecule has 0 amide bonds. The fraction of sp³-hybridized carbons (Fsp3) is 0.417. The monoisotopic (exact) mass is 239 g/mol. The minimum absolute atomic E-state index is 0.540. The van der Waals surface area contributed by atoms with Crippen LogP contribution in [-0.4, -0.2) is 30.8 Å².